The molecule has 1 amide bonds. The number of nitrogens with zero attached hydrogens (tertiary/aromatic N) is 2. The molecule has 3 aromatic rings. The zero-order chi connectivity index (χ0) is 23.5. The Hall–Kier alpha value is -3.64. The Morgan fingerprint density at radius 3 is 2.06 bits per heavy atom. The predicted octanol–water partition coefficient (Wildman–Crippen LogP) is 3.80. The second kappa shape index (κ2) is 9.69. The fourth-order valence-electron chi connectivity index (χ4n) is 5.07. The lowest BCUT2D eigenvalue weighted by Crippen LogP contribution is -2.51. The van der Waals surface area contributed by atoms with Crippen LogP contribution in [0.4, 0.5) is 0 Å². The Labute approximate surface area is 199 Å². The molecule has 0 radical (unpaired) electrons. The van der Waals surface area contributed by atoms with Crippen LogP contribution in [0.1, 0.15) is 38.7 Å². The second-order valence-electron chi connectivity index (χ2n) is 8.84. The Balaban J connectivity index is 1.26. The van der Waals surface area contributed by atoms with E-state index in [0.29, 0.717) is 18.8 Å². The van der Waals surface area contributed by atoms with Crippen molar-refractivity contribution in [3.05, 3.63) is 101 Å². The number of carboxylic acids is 1. The van der Waals surface area contributed by atoms with Gasteiger partial charge in [-0.1, -0.05) is 54.6 Å². The maximum Gasteiger partial charge on any atom is 0.335 e. The minimum absolute atomic E-state index is 0.0814. The average molecular weight is 457 g/mol. The summed E-state index contributed by atoms with van der Waals surface area (Å²) in [5, 5.41) is 9.13. The molecule has 0 saturated carbocycles. The van der Waals surface area contributed by atoms with Gasteiger partial charge in [0.15, 0.2) is 6.61 Å². The predicted molar refractivity (Wildman–Crippen MR) is 129 cm³/mol. The van der Waals surface area contributed by atoms with Crippen molar-refractivity contribution in [1.29, 1.82) is 0 Å². The summed E-state index contributed by atoms with van der Waals surface area (Å²) in [4.78, 5) is 28.3. The highest BCUT2D eigenvalue weighted by Gasteiger charge is 2.31. The summed E-state index contributed by atoms with van der Waals surface area (Å²) >= 11 is 0. The van der Waals surface area contributed by atoms with Crippen molar-refractivity contribution in [2.75, 3.05) is 32.8 Å². The molecule has 1 aliphatic heterocycles. The third kappa shape index (κ3) is 4.54. The summed E-state index contributed by atoms with van der Waals surface area (Å²) < 4.78 is 5.60. The number of rotatable bonds is 5. The van der Waals surface area contributed by atoms with Gasteiger partial charge in [0.25, 0.3) is 5.91 Å². The molecule has 1 saturated heterocycles. The Morgan fingerprint density at radius 2 is 1.44 bits per heavy atom. The molecule has 2 aliphatic rings. The van der Waals surface area contributed by atoms with Crippen molar-refractivity contribution in [1.82, 2.24) is 9.80 Å². The number of benzene rings is 3. The third-order valence-corrected chi connectivity index (χ3v) is 6.84. The smallest absolute Gasteiger partial charge is 0.335 e. The fraction of sp³-hybridized carbons (Fsp3) is 0.286. The van der Waals surface area contributed by atoms with E-state index >= 15 is 0 Å². The molecule has 0 unspecified atom stereocenters. The number of carbonyl (C=O) groups is 2. The van der Waals surface area contributed by atoms with Crippen LogP contribution in [-0.2, 0) is 17.6 Å². The van der Waals surface area contributed by atoms with E-state index in [-0.39, 0.29) is 24.1 Å². The maximum absolute atomic E-state index is 12.8. The van der Waals surface area contributed by atoms with Gasteiger partial charge < -0.3 is 14.7 Å². The first-order chi connectivity index (χ1) is 16.6. The zero-order valence-corrected chi connectivity index (χ0v) is 19.0. The van der Waals surface area contributed by atoms with E-state index in [1.807, 2.05) is 4.90 Å². The van der Waals surface area contributed by atoms with Gasteiger partial charge >= 0.3 is 5.97 Å². The normalized spacial score (nSPS) is 16.3. The number of piperazine rings is 1. The monoisotopic (exact) mass is 456 g/mol. The van der Waals surface area contributed by atoms with Gasteiger partial charge in [-0.15, -0.1) is 0 Å². The van der Waals surface area contributed by atoms with Gasteiger partial charge in [0, 0.05) is 26.2 Å². The Kier molecular flexibility index (Phi) is 6.32. The van der Waals surface area contributed by atoms with Crippen LogP contribution >= 0.6 is 0 Å². The number of fused-ring (bicyclic) bond motifs is 2. The maximum atomic E-state index is 12.8. The molecule has 6 heteroatoms. The zero-order valence-electron chi connectivity index (χ0n) is 19.0. The summed E-state index contributed by atoms with van der Waals surface area (Å²) in [6.07, 6.45) is 2.09. The molecule has 34 heavy (non-hydrogen) atoms. The molecule has 1 N–H and O–H groups in total. The molecule has 0 bridgehead atoms. The van der Waals surface area contributed by atoms with E-state index in [0.717, 1.165) is 25.9 Å². The van der Waals surface area contributed by atoms with Crippen LogP contribution in [0.25, 0.3) is 0 Å². The summed E-state index contributed by atoms with van der Waals surface area (Å²) in [7, 11) is 0. The Morgan fingerprint density at radius 1 is 0.824 bits per heavy atom. The van der Waals surface area contributed by atoms with E-state index < -0.39 is 5.97 Å². The van der Waals surface area contributed by atoms with Crippen molar-refractivity contribution in [2.45, 2.75) is 18.9 Å². The molecular formula is C28H28N2O4. The van der Waals surface area contributed by atoms with E-state index in [4.69, 9.17) is 9.84 Å². The van der Waals surface area contributed by atoms with Gasteiger partial charge in [-0.2, -0.15) is 0 Å². The van der Waals surface area contributed by atoms with Crippen LogP contribution in [0.3, 0.4) is 0 Å². The number of hydrogen-bond acceptors (Lipinski definition) is 4. The van der Waals surface area contributed by atoms with Crippen LogP contribution in [0.15, 0.2) is 72.8 Å². The van der Waals surface area contributed by atoms with Crippen molar-refractivity contribution >= 4 is 11.9 Å². The molecule has 0 aromatic heterocycles. The lowest BCUT2D eigenvalue weighted by atomic mass is 9.93. The largest absolute Gasteiger partial charge is 0.484 e. The first-order valence-electron chi connectivity index (χ1n) is 11.7. The summed E-state index contributed by atoms with van der Waals surface area (Å²) in [5.74, 6) is -0.713. The number of amides is 1. The third-order valence-electron chi connectivity index (χ3n) is 6.84. The number of aromatic carboxylic acids is 1. The SMILES string of the molecule is O=C(O)c1cccc(OCC(=O)N2CCN(C3c4ccccc4CCc4ccccc43)CC2)c1. The summed E-state index contributed by atoms with van der Waals surface area (Å²) in [6.45, 7) is 2.75. The molecule has 0 spiro atoms. The lowest BCUT2D eigenvalue weighted by molar-refractivity contribution is -0.135. The molecule has 1 fully saturated rings. The number of carboxylic acid groups (broad SMARTS) is 1. The lowest BCUT2D eigenvalue weighted by Gasteiger charge is -2.40. The van der Waals surface area contributed by atoms with Crippen LogP contribution < -0.4 is 4.74 Å². The van der Waals surface area contributed by atoms with Crippen LogP contribution in [0.2, 0.25) is 0 Å². The number of hydrogen-bond donors (Lipinski definition) is 1. The minimum atomic E-state index is -1.02. The van der Waals surface area contributed by atoms with Crippen molar-refractivity contribution in [3.8, 4) is 5.75 Å². The first-order valence-corrected chi connectivity index (χ1v) is 11.7. The Bertz CT molecular complexity index is 1150. The average Bonchev–Trinajstić information content (AvgIpc) is 3.04. The topological polar surface area (TPSA) is 70.1 Å². The molecular weight excluding hydrogens is 428 g/mol. The van der Waals surface area contributed by atoms with Gasteiger partial charge in [-0.25, -0.2) is 4.79 Å². The highest BCUT2D eigenvalue weighted by molar-refractivity contribution is 5.88. The van der Waals surface area contributed by atoms with E-state index in [1.54, 1.807) is 12.1 Å². The summed E-state index contributed by atoms with van der Waals surface area (Å²) in [6, 6.07) is 23.9. The summed E-state index contributed by atoms with van der Waals surface area (Å²) in [5.41, 5.74) is 5.68. The molecule has 174 valence electrons. The first kappa shape index (κ1) is 22.2. The van der Waals surface area contributed by atoms with Gasteiger partial charge in [-0.3, -0.25) is 9.69 Å². The molecule has 3 aromatic carbocycles. The van der Waals surface area contributed by atoms with Crippen LogP contribution in [0, 0.1) is 0 Å². The highest BCUT2D eigenvalue weighted by Crippen LogP contribution is 2.37. The number of ether oxygens (including phenoxy) is 1. The number of carbonyl (C=O) groups excluding carboxylic acids is 1. The molecule has 1 heterocycles. The number of aryl methyl sites for hydroxylation is 2. The van der Waals surface area contributed by atoms with Gasteiger partial charge in [0.05, 0.1) is 11.6 Å². The standard InChI is InChI=1S/C28H28N2O4/c31-26(19-34-23-9-5-8-22(18-23)28(32)33)29-14-16-30(17-15-29)27-24-10-3-1-6-20(24)12-13-21-7-2-4-11-25(21)27/h1-11,18,27H,12-17,19H2,(H,32,33). The van der Waals surface area contributed by atoms with Crippen LogP contribution in [0.5, 0.6) is 5.75 Å². The van der Waals surface area contributed by atoms with Gasteiger partial charge in [0.2, 0.25) is 0 Å². The minimum Gasteiger partial charge on any atom is -0.484 e. The molecule has 0 atom stereocenters. The van der Waals surface area contributed by atoms with E-state index in [1.165, 1.54) is 34.4 Å². The second-order valence-corrected chi connectivity index (χ2v) is 8.84. The quantitative estimate of drug-likeness (QED) is 0.633. The molecule has 6 nitrogen and oxygen atoms in total. The molecule has 5 rings (SSSR count). The van der Waals surface area contributed by atoms with E-state index in [2.05, 4.69) is 53.4 Å². The van der Waals surface area contributed by atoms with E-state index in [9.17, 15) is 9.59 Å². The fourth-order valence-corrected chi connectivity index (χ4v) is 5.07. The van der Waals surface area contributed by atoms with Crippen molar-refractivity contribution in [2.24, 2.45) is 0 Å². The highest BCUT2D eigenvalue weighted by atomic mass is 16.5. The van der Waals surface area contributed by atoms with Crippen LogP contribution in [-0.4, -0.2) is 59.6 Å². The molecule has 1 aliphatic carbocycles. The van der Waals surface area contributed by atoms with Gasteiger partial charge in [0.1, 0.15) is 5.75 Å². The van der Waals surface area contributed by atoms with Crippen molar-refractivity contribution in [3.63, 3.8) is 0 Å². The van der Waals surface area contributed by atoms with Gasteiger partial charge in [-0.05, 0) is 53.3 Å². The van der Waals surface area contributed by atoms with Crippen molar-refractivity contribution < 1.29 is 19.4 Å².